The van der Waals surface area contributed by atoms with Crippen LogP contribution < -0.4 is 14.8 Å². The number of nitrogens with zero attached hydrogens (tertiary/aromatic N) is 1. The van der Waals surface area contributed by atoms with E-state index in [0.717, 1.165) is 25.3 Å². The summed E-state index contributed by atoms with van der Waals surface area (Å²) < 4.78 is 11.1. The zero-order chi connectivity index (χ0) is 21.8. The lowest BCUT2D eigenvalue weighted by atomic mass is 9.83. The van der Waals surface area contributed by atoms with Crippen LogP contribution in [0.5, 0.6) is 11.5 Å². The van der Waals surface area contributed by atoms with E-state index in [9.17, 15) is 4.79 Å². The van der Waals surface area contributed by atoms with Crippen LogP contribution in [0.25, 0.3) is 0 Å². The number of nitrogens with one attached hydrogen (secondary N) is 1. The normalized spacial score (nSPS) is 17.4. The molecule has 3 rings (SSSR count). The quantitative estimate of drug-likeness (QED) is 0.689. The van der Waals surface area contributed by atoms with Crippen molar-refractivity contribution in [3.05, 3.63) is 58.1 Å². The summed E-state index contributed by atoms with van der Waals surface area (Å²) >= 11 is 6.28. The predicted octanol–water partition coefficient (Wildman–Crippen LogP) is 4.73. The average molecular weight is 431 g/mol. The first-order valence-corrected chi connectivity index (χ1v) is 10.8. The molecular weight excluding hydrogens is 400 g/mol. The summed E-state index contributed by atoms with van der Waals surface area (Å²) in [4.78, 5) is 15.5. The second-order valence-electron chi connectivity index (χ2n) is 7.95. The minimum atomic E-state index is -0.150. The third-order valence-corrected chi connectivity index (χ3v) is 6.24. The fourth-order valence-corrected chi connectivity index (χ4v) is 4.51. The zero-order valence-electron chi connectivity index (χ0n) is 18.4. The molecule has 5 nitrogen and oxygen atoms in total. The van der Waals surface area contributed by atoms with E-state index < -0.39 is 0 Å². The second kappa shape index (κ2) is 9.71. The van der Waals surface area contributed by atoms with Crippen LogP contribution in [0.2, 0.25) is 5.02 Å². The van der Waals surface area contributed by atoms with Crippen molar-refractivity contribution in [2.45, 2.75) is 39.3 Å². The second-order valence-corrected chi connectivity index (χ2v) is 8.36. The van der Waals surface area contributed by atoms with Crippen LogP contribution in [0.1, 0.15) is 48.3 Å². The number of carbonyl (C=O) groups is 1. The first kappa shape index (κ1) is 22.4. The lowest BCUT2D eigenvalue weighted by molar-refractivity contribution is 0.0834. The summed E-state index contributed by atoms with van der Waals surface area (Å²) in [6.45, 7) is 8.26. The monoisotopic (exact) mass is 430 g/mol. The van der Waals surface area contributed by atoms with E-state index >= 15 is 0 Å². The molecule has 0 unspecified atom stereocenters. The maximum absolute atomic E-state index is 13.1. The molecule has 0 saturated carbocycles. The maximum Gasteiger partial charge on any atom is 0.253 e. The summed E-state index contributed by atoms with van der Waals surface area (Å²) in [5, 5.41) is 3.74. The van der Waals surface area contributed by atoms with Gasteiger partial charge in [-0.3, -0.25) is 9.69 Å². The molecule has 2 aromatic carbocycles. The van der Waals surface area contributed by atoms with Crippen molar-refractivity contribution in [1.82, 2.24) is 10.2 Å². The van der Waals surface area contributed by atoms with E-state index in [2.05, 4.69) is 43.1 Å². The number of methoxy groups -OCH3 is 2. The standard InChI is InChI=1S/C24H31ClN2O3/c1-6-27-12-11-16-13-20(29-4)21(30-5)14-18(16)23(27)22(15(2)3)26-24(28)17-9-7-8-10-19(17)25/h7-10,13-15,22-23H,6,11-12H2,1-5H3,(H,26,28)/t22-,23+/m1/s1. The minimum absolute atomic E-state index is 0.0324. The highest BCUT2D eigenvalue weighted by Gasteiger charge is 2.36. The first-order valence-electron chi connectivity index (χ1n) is 10.4. The van der Waals surface area contributed by atoms with Gasteiger partial charge in [0.25, 0.3) is 5.91 Å². The Morgan fingerprint density at radius 3 is 2.47 bits per heavy atom. The van der Waals surface area contributed by atoms with Gasteiger partial charge in [0.2, 0.25) is 0 Å². The summed E-state index contributed by atoms with van der Waals surface area (Å²) in [5.41, 5.74) is 2.91. The molecule has 1 N–H and O–H groups in total. The molecule has 0 aliphatic carbocycles. The number of benzene rings is 2. The van der Waals surface area contributed by atoms with E-state index in [1.54, 1.807) is 26.4 Å². The van der Waals surface area contributed by atoms with E-state index in [1.165, 1.54) is 11.1 Å². The molecule has 6 heteroatoms. The molecule has 0 aromatic heterocycles. The molecule has 0 bridgehead atoms. The Morgan fingerprint density at radius 1 is 1.20 bits per heavy atom. The Kier molecular flexibility index (Phi) is 7.27. The van der Waals surface area contributed by atoms with Crippen molar-refractivity contribution in [2.75, 3.05) is 27.3 Å². The molecule has 1 aliphatic heterocycles. The predicted molar refractivity (Wildman–Crippen MR) is 121 cm³/mol. The Balaban J connectivity index is 2.02. The van der Waals surface area contributed by atoms with Crippen molar-refractivity contribution in [1.29, 1.82) is 0 Å². The Labute approximate surface area is 184 Å². The molecule has 162 valence electrons. The van der Waals surface area contributed by atoms with Gasteiger partial charge in [-0.2, -0.15) is 0 Å². The topological polar surface area (TPSA) is 50.8 Å². The highest BCUT2D eigenvalue weighted by molar-refractivity contribution is 6.33. The SMILES string of the molecule is CCN1CCc2cc(OC)c(OC)cc2[C@H]1[C@H](NC(=O)c1ccccc1Cl)C(C)C. The lowest BCUT2D eigenvalue weighted by Crippen LogP contribution is -2.51. The van der Waals surface area contributed by atoms with Crippen molar-refractivity contribution in [3.8, 4) is 11.5 Å². The number of likely N-dealkylation sites (N-methyl/N-ethyl adjacent to an activating group) is 1. The number of rotatable bonds is 7. The van der Waals surface area contributed by atoms with Gasteiger partial charge in [0.05, 0.1) is 36.9 Å². The van der Waals surface area contributed by atoms with Gasteiger partial charge in [0.15, 0.2) is 11.5 Å². The fourth-order valence-electron chi connectivity index (χ4n) is 4.29. The van der Waals surface area contributed by atoms with Gasteiger partial charge in [-0.1, -0.05) is 44.5 Å². The van der Waals surface area contributed by atoms with Crippen LogP contribution >= 0.6 is 11.6 Å². The summed E-state index contributed by atoms with van der Waals surface area (Å²) in [6, 6.07) is 11.2. The molecule has 0 spiro atoms. The third kappa shape index (κ3) is 4.42. The minimum Gasteiger partial charge on any atom is -0.493 e. The summed E-state index contributed by atoms with van der Waals surface area (Å²) in [6.07, 6.45) is 0.934. The molecule has 2 atom stereocenters. The van der Waals surface area contributed by atoms with Crippen molar-refractivity contribution in [3.63, 3.8) is 0 Å². The fraction of sp³-hybridized carbons (Fsp3) is 0.458. The summed E-state index contributed by atoms with van der Waals surface area (Å²) in [5.74, 6) is 1.51. The number of carbonyl (C=O) groups excluding carboxylic acids is 1. The van der Waals surface area contributed by atoms with Crippen LogP contribution in [-0.2, 0) is 6.42 Å². The number of fused-ring (bicyclic) bond motifs is 1. The van der Waals surface area contributed by atoms with Crippen molar-refractivity contribution in [2.24, 2.45) is 5.92 Å². The average Bonchev–Trinajstić information content (AvgIpc) is 2.75. The summed E-state index contributed by atoms with van der Waals surface area (Å²) in [7, 11) is 3.31. The lowest BCUT2D eigenvalue weighted by Gasteiger charge is -2.43. The molecule has 1 aliphatic rings. The van der Waals surface area contributed by atoms with Crippen LogP contribution in [0.15, 0.2) is 36.4 Å². The van der Waals surface area contributed by atoms with Gasteiger partial charge in [-0.05, 0) is 54.3 Å². The van der Waals surface area contributed by atoms with Gasteiger partial charge in [-0.15, -0.1) is 0 Å². The van der Waals surface area contributed by atoms with E-state index in [4.69, 9.17) is 21.1 Å². The van der Waals surface area contributed by atoms with Gasteiger partial charge >= 0.3 is 0 Å². The van der Waals surface area contributed by atoms with Crippen LogP contribution in [0.4, 0.5) is 0 Å². The highest BCUT2D eigenvalue weighted by Crippen LogP contribution is 2.40. The van der Waals surface area contributed by atoms with E-state index in [0.29, 0.717) is 16.3 Å². The first-order chi connectivity index (χ1) is 14.4. The number of amides is 1. The Hall–Kier alpha value is -2.24. The van der Waals surface area contributed by atoms with E-state index in [-0.39, 0.29) is 23.9 Å². The third-order valence-electron chi connectivity index (χ3n) is 5.91. The molecule has 2 aromatic rings. The maximum atomic E-state index is 13.1. The van der Waals surface area contributed by atoms with Gasteiger partial charge in [-0.25, -0.2) is 0 Å². The number of hydrogen-bond acceptors (Lipinski definition) is 4. The van der Waals surface area contributed by atoms with Gasteiger partial charge in [0.1, 0.15) is 0 Å². The number of hydrogen-bond donors (Lipinski definition) is 1. The van der Waals surface area contributed by atoms with Gasteiger partial charge < -0.3 is 14.8 Å². The largest absolute Gasteiger partial charge is 0.493 e. The molecule has 1 heterocycles. The molecule has 1 amide bonds. The molecular formula is C24H31ClN2O3. The molecule has 0 fully saturated rings. The highest BCUT2D eigenvalue weighted by atomic mass is 35.5. The van der Waals surface area contributed by atoms with E-state index in [1.807, 2.05) is 12.1 Å². The van der Waals surface area contributed by atoms with Gasteiger partial charge in [0, 0.05) is 6.54 Å². The van der Waals surface area contributed by atoms with Crippen LogP contribution in [0.3, 0.4) is 0 Å². The van der Waals surface area contributed by atoms with Crippen LogP contribution in [-0.4, -0.2) is 44.2 Å². The van der Waals surface area contributed by atoms with Crippen molar-refractivity contribution < 1.29 is 14.3 Å². The molecule has 30 heavy (non-hydrogen) atoms. The number of halogens is 1. The zero-order valence-corrected chi connectivity index (χ0v) is 19.1. The number of ether oxygens (including phenoxy) is 2. The molecule has 0 radical (unpaired) electrons. The van der Waals surface area contributed by atoms with Crippen molar-refractivity contribution >= 4 is 17.5 Å². The van der Waals surface area contributed by atoms with Crippen LogP contribution in [0, 0.1) is 5.92 Å². The molecule has 0 saturated heterocycles. The Bertz CT molecular complexity index is 900. The smallest absolute Gasteiger partial charge is 0.253 e. The Morgan fingerprint density at radius 2 is 1.87 bits per heavy atom.